The van der Waals surface area contributed by atoms with Gasteiger partial charge < -0.3 is 19.9 Å². The highest BCUT2D eigenvalue weighted by Gasteiger charge is 2.26. The lowest BCUT2D eigenvalue weighted by Gasteiger charge is -2.25. The number of nitrogens with zero attached hydrogens (tertiary/aromatic N) is 6. The molecule has 39 heavy (non-hydrogen) atoms. The number of aromatic amines is 1. The van der Waals surface area contributed by atoms with Crippen molar-refractivity contribution in [2.75, 3.05) is 39.1 Å². The van der Waals surface area contributed by atoms with E-state index < -0.39 is 0 Å². The first-order valence-corrected chi connectivity index (χ1v) is 13.2. The predicted molar refractivity (Wildman–Crippen MR) is 143 cm³/mol. The van der Waals surface area contributed by atoms with Crippen molar-refractivity contribution >= 4 is 17.5 Å². The van der Waals surface area contributed by atoms with Gasteiger partial charge in [-0.1, -0.05) is 23.4 Å². The Labute approximate surface area is 226 Å². The average molecular weight is 535 g/mol. The molecule has 1 unspecified atom stereocenters. The van der Waals surface area contributed by atoms with Crippen LogP contribution in [0.15, 0.2) is 35.3 Å². The lowest BCUT2D eigenvalue weighted by Crippen LogP contribution is -2.36. The molecule has 2 N–H and O–H groups in total. The number of anilines is 1. The summed E-state index contributed by atoms with van der Waals surface area (Å²) in [5, 5.41) is 11.4. The lowest BCUT2D eigenvalue weighted by molar-refractivity contribution is -0.130. The minimum atomic E-state index is -0.189. The van der Waals surface area contributed by atoms with Crippen molar-refractivity contribution in [2.24, 2.45) is 5.92 Å². The van der Waals surface area contributed by atoms with Crippen molar-refractivity contribution in [1.82, 2.24) is 34.8 Å². The van der Waals surface area contributed by atoms with E-state index in [0.29, 0.717) is 76.5 Å². The Morgan fingerprint density at radius 2 is 2.05 bits per heavy atom. The first kappa shape index (κ1) is 26.7. The predicted octanol–water partition coefficient (Wildman–Crippen LogP) is 0.964. The number of rotatable bonds is 10. The van der Waals surface area contributed by atoms with Gasteiger partial charge in [0.1, 0.15) is 12.4 Å². The van der Waals surface area contributed by atoms with E-state index in [-0.39, 0.29) is 23.3 Å². The maximum Gasteiger partial charge on any atom is 0.256 e. The molecule has 12 nitrogen and oxygen atoms in total. The van der Waals surface area contributed by atoms with Gasteiger partial charge in [-0.05, 0) is 31.5 Å². The van der Waals surface area contributed by atoms with Crippen LogP contribution in [0.25, 0.3) is 0 Å². The summed E-state index contributed by atoms with van der Waals surface area (Å²) in [6, 6.07) is 7.80. The molecule has 0 fully saturated rings. The Morgan fingerprint density at radius 3 is 2.92 bits per heavy atom. The molecule has 2 aliphatic rings. The summed E-state index contributed by atoms with van der Waals surface area (Å²) >= 11 is 0. The van der Waals surface area contributed by atoms with Gasteiger partial charge in [0.05, 0.1) is 36.4 Å². The molecule has 0 bridgehead atoms. The highest BCUT2D eigenvalue weighted by molar-refractivity contribution is 5.96. The van der Waals surface area contributed by atoms with Crippen LogP contribution in [0.1, 0.15) is 41.2 Å². The third-order valence-corrected chi connectivity index (χ3v) is 7.27. The van der Waals surface area contributed by atoms with E-state index in [4.69, 9.17) is 4.74 Å². The highest BCUT2D eigenvalue weighted by atomic mass is 16.5. The molecule has 5 rings (SSSR count). The summed E-state index contributed by atoms with van der Waals surface area (Å²) < 4.78 is 7.00. The van der Waals surface area contributed by atoms with E-state index in [2.05, 4.69) is 30.5 Å². The smallest absolute Gasteiger partial charge is 0.256 e. The van der Waals surface area contributed by atoms with Gasteiger partial charge >= 0.3 is 0 Å². The van der Waals surface area contributed by atoms with Crippen LogP contribution in [0.4, 0.5) is 5.69 Å². The maximum atomic E-state index is 12.7. The van der Waals surface area contributed by atoms with E-state index >= 15 is 0 Å². The Bertz CT molecular complexity index is 1400. The second-order valence-electron chi connectivity index (χ2n) is 10.3. The van der Waals surface area contributed by atoms with Crippen LogP contribution in [0.3, 0.4) is 0 Å². The molecule has 1 aromatic carbocycles. The summed E-state index contributed by atoms with van der Waals surface area (Å²) in [5.74, 6) is 0.366. The minimum absolute atomic E-state index is 0.0136. The third kappa shape index (κ3) is 6.58. The second-order valence-corrected chi connectivity index (χ2v) is 10.3. The van der Waals surface area contributed by atoms with Gasteiger partial charge in [0, 0.05) is 51.1 Å². The SMILES string of the molecule is CN(CCN(C)C(=O)CCC1Cc2ccccc2NC1=O)Cc1cn(Cc2nc3c(c(=O)[nH]2)COCC3)nn1. The van der Waals surface area contributed by atoms with Crippen LogP contribution >= 0.6 is 0 Å². The fourth-order valence-electron chi connectivity index (χ4n) is 4.95. The Kier molecular flexibility index (Phi) is 8.13. The molecule has 3 aromatic rings. The number of aromatic nitrogens is 5. The zero-order chi connectivity index (χ0) is 27.4. The summed E-state index contributed by atoms with van der Waals surface area (Å²) in [6.45, 7) is 2.97. The summed E-state index contributed by atoms with van der Waals surface area (Å²) in [5.41, 5.74) is 3.98. The first-order chi connectivity index (χ1) is 18.9. The molecular weight excluding hydrogens is 500 g/mol. The zero-order valence-corrected chi connectivity index (χ0v) is 22.4. The molecule has 12 heteroatoms. The van der Waals surface area contributed by atoms with Gasteiger partial charge in [0.25, 0.3) is 5.56 Å². The van der Waals surface area contributed by atoms with Crippen molar-refractivity contribution < 1.29 is 14.3 Å². The van der Waals surface area contributed by atoms with E-state index in [1.165, 1.54) is 0 Å². The molecule has 0 radical (unpaired) electrons. The van der Waals surface area contributed by atoms with E-state index in [0.717, 1.165) is 22.6 Å². The van der Waals surface area contributed by atoms with Crippen LogP contribution in [-0.4, -0.2) is 80.4 Å². The molecule has 4 heterocycles. The number of ether oxygens (including phenoxy) is 1. The highest BCUT2D eigenvalue weighted by Crippen LogP contribution is 2.27. The number of carbonyl (C=O) groups is 2. The molecule has 2 aliphatic heterocycles. The van der Waals surface area contributed by atoms with E-state index in [1.54, 1.807) is 16.6 Å². The van der Waals surface area contributed by atoms with Crippen molar-refractivity contribution in [3.05, 3.63) is 69.2 Å². The molecule has 1 atom stereocenters. The standard InChI is InChI=1S/C27H34N8O4/c1-33(10-11-34(2)25(36)8-7-19-13-18-5-3-4-6-22(18)29-26(19)37)14-20-15-35(32-31-20)16-24-28-23-9-12-39-17-21(23)27(38)30-24/h3-6,15,19H,7-14,16-17H2,1-2H3,(H,29,37)(H,28,30,38). The number of fused-ring (bicyclic) bond motifs is 2. The van der Waals surface area contributed by atoms with Gasteiger partial charge in [-0.3, -0.25) is 19.3 Å². The molecule has 0 spiro atoms. The summed E-state index contributed by atoms with van der Waals surface area (Å²) in [7, 11) is 3.76. The van der Waals surface area contributed by atoms with Gasteiger partial charge in [-0.15, -0.1) is 5.10 Å². The normalized spacial score (nSPS) is 16.5. The Morgan fingerprint density at radius 1 is 1.21 bits per heavy atom. The van der Waals surface area contributed by atoms with Crippen molar-refractivity contribution in [1.29, 1.82) is 0 Å². The van der Waals surface area contributed by atoms with Gasteiger partial charge in [0.2, 0.25) is 11.8 Å². The molecule has 206 valence electrons. The van der Waals surface area contributed by atoms with Crippen LogP contribution in [-0.2, 0) is 46.9 Å². The molecule has 0 aliphatic carbocycles. The summed E-state index contributed by atoms with van der Waals surface area (Å²) in [4.78, 5) is 48.6. The lowest BCUT2D eigenvalue weighted by atomic mass is 9.89. The number of H-pyrrole nitrogens is 1. The van der Waals surface area contributed by atoms with E-state index in [1.807, 2.05) is 37.5 Å². The van der Waals surface area contributed by atoms with Gasteiger partial charge in [-0.2, -0.15) is 0 Å². The molecule has 2 amide bonds. The van der Waals surface area contributed by atoms with Crippen LogP contribution in [0, 0.1) is 5.92 Å². The molecular formula is C27H34N8O4. The van der Waals surface area contributed by atoms with Crippen molar-refractivity contribution in [2.45, 2.75) is 45.4 Å². The number of likely N-dealkylation sites (N-methyl/N-ethyl adjacent to an activating group) is 2. The molecule has 0 saturated carbocycles. The monoisotopic (exact) mass is 534 g/mol. The second kappa shape index (κ2) is 11.9. The quantitative estimate of drug-likeness (QED) is 0.392. The number of benzene rings is 1. The van der Waals surface area contributed by atoms with Crippen molar-refractivity contribution in [3.8, 4) is 0 Å². The number of hydrogen-bond acceptors (Lipinski definition) is 8. The minimum Gasteiger partial charge on any atom is -0.376 e. The number of amides is 2. The first-order valence-electron chi connectivity index (χ1n) is 13.2. The third-order valence-electron chi connectivity index (χ3n) is 7.27. The Hall–Kier alpha value is -3.90. The van der Waals surface area contributed by atoms with Crippen molar-refractivity contribution in [3.63, 3.8) is 0 Å². The molecule has 2 aromatic heterocycles. The Balaban J connectivity index is 1.06. The van der Waals surface area contributed by atoms with E-state index in [9.17, 15) is 14.4 Å². The maximum absolute atomic E-state index is 12.7. The number of nitrogens with one attached hydrogen (secondary N) is 2. The summed E-state index contributed by atoms with van der Waals surface area (Å²) in [6.07, 6.45) is 3.99. The zero-order valence-electron chi connectivity index (χ0n) is 22.4. The fourth-order valence-corrected chi connectivity index (χ4v) is 4.95. The van der Waals surface area contributed by atoms with Crippen LogP contribution < -0.4 is 10.9 Å². The molecule has 0 saturated heterocycles. The number of carbonyl (C=O) groups excluding carboxylic acids is 2. The topological polar surface area (TPSA) is 138 Å². The average Bonchev–Trinajstić information content (AvgIpc) is 3.36. The van der Waals surface area contributed by atoms with Crippen LogP contribution in [0.5, 0.6) is 0 Å². The van der Waals surface area contributed by atoms with Gasteiger partial charge in [0.15, 0.2) is 0 Å². The number of para-hydroxylation sites is 1. The van der Waals surface area contributed by atoms with Crippen LogP contribution in [0.2, 0.25) is 0 Å². The largest absolute Gasteiger partial charge is 0.376 e. The number of hydrogen-bond donors (Lipinski definition) is 2. The van der Waals surface area contributed by atoms with Gasteiger partial charge in [-0.25, -0.2) is 9.67 Å². The fraction of sp³-hybridized carbons (Fsp3) is 0.481.